The number of para-hydroxylation sites is 3. The Kier molecular flexibility index (Phi) is 7.25. The molecule has 1 heterocycles. The first-order chi connectivity index (χ1) is 11.7. The van der Waals surface area contributed by atoms with Crippen molar-refractivity contribution in [2.24, 2.45) is 0 Å². The third-order valence-corrected chi connectivity index (χ3v) is 4.12. The molecular weight excluding hydrogens is 338 g/mol. The van der Waals surface area contributed by atoms with Gasteiger partial charge < -0.3 is 15.4 Å². The summed E-state index contributed by atoms with van der Waals surface area (Å²) >= 11 is 0. The molecule has 0 spiro atoms. The van der Waals surface area contributed by atoms with Crippen LogP contribution in [0.5, 0.6) is 11.5 Å². The summed E-state index contributed by atoms with van der Waals surface area (Å²) < 4.78 is 5.88. The fourth-order valence-electron chi connectivity index (χ4n) is 2.77. The summed E-state index contributed by atoms with van der Waals surface area (Å²) in [4.78, 5) is 14.6. The van der Waals surface area contributed by atoms with Crippen LogP contribution in [0.15, 0.2) is 54.6 Å². The van der Waals surface area contributed by atoms with Crippen molar-refractivity contribution in [1.29, 1.82) is 0 Å². The zero-order valence-corrected chi connectivity index (χ0v) is 15.1. The van der Waals surface area contributed by atoms with Crippen molar-refractivity contribution in [2.75, 3.05) is 31.5 Å². The number of amides is 1. The number of hydrogen-bond donors (Lipinski definition) is 2. The van der Waals surface area contributed by atoms with E-state index in [1.54, 1.807) is 0 Å². The Labute approximate surface area is 154 Å². The first-order valence-electron chi connectivity index (χ1n) is 8.29. The molecule has 25 heavy (non-hydrogen) atoms. The number of rotatable bonds is 5. The molecule has 134 valence electrons. The van der Waals surface area contributed by atoms with E-state index >= 15 is 0 Å². The lowest BCUT2D eigenvalue weighted by Crippen LogP contribution is -2.51. The standard InChI is InChI=1S/C19H23N3O2.ClH/c1-15-13-20-11-12-22(15)14-19(23)21-17-9-5-6-10-18(17)24-16-7-3-2-4-8-16;/h2-10,15,20H,11-14H2,1H3,(H,21,23);1H/t15-;/m0./s1. The molecule has 1 atom stereocenters. The van der Waals surface area contributed by atoms with Crippen molar-refractivity contribution >= 4 is 24.0 Å². The number of anilines is 1. The second-order valence-electron chi connectivity index (χ2n) is 5.98. The molecule has 0 bridgehead atoms. The van der Waals surface area contributed by atoms with E-state index in [4.69, 9.17) is 4.74 Å². The Morgan fingerprint density at radius 2 is 1.92 bits per heavy atom. The third-order valence-electron chi connectivity index (χ3n) is 4.12. The molecule has 0 aliphatic carbocycles. The number of hydrogen-bond acceptors (Lipinski definition) is 4. The zero-order chi connectivity index (χ0) is 16.8. The van der Waals surface area contributed by atoms with Gasteiger partial charge in [-0.1, -0.05) is 30.3 Å². The van der Waals surface area contributed by atoms with Gasteiger partial charge in [0, 0.05) is 25.7 Å². The molecule has 5 nitrogen and oxygen atoms in total. The molecule has 1 amide bonds. The summed E-state index contributed by atoms with van der Waals surface area (Å²) in [6.07, 6.45) is 0. The molecule has 1 aliphatic rings. The second kappa shape index (κ2) is 9.42. The van der Waals surface area contributed by atoms with Crippen LogP contribution in [0.1, 0.15) is 6.92 Å². The van der Waals surface area contributed by atoms with Crippen molar-refractivity contribution in [3.8, 4) is 11.5 Å². The van der Waals surface area contributed by atoms with Gasteiger partial charge in [-0.3, -0.25) is 9.69 Å². The minimum atomic E-state index is -0.0205. The zero-order valence-electron chi connectivity index (χ0n) is 14.3. The number of ether oxygens (including phenoxy) is 1. The topological polar surface area (TPSA) is 53.6 Å². The predicted octanol–water partition coefficient (Wildman–Crippen LogP) is 3.13. The van der Waals surface area contributed by atoms with E-state index in [1.807, 2.05) is 54.6 Å². The number of nitrogens with zero attached hydrogens (tertiary/aromatic N) is 1. The van der Waals surface area contributed by atoms with Crippen LogP contribution in [0.25, 0.3) is 0 Å². The van der Waals surface area contributed by atoms with E-state index in [-0.39, 0.29) is 18.3 Å². The monoisotopic (exact) mass is 361 g/mol. The number of piperazine rings is 1. The Morgan fingerprint density at radius 3 is 2.68 bits per heavy atom. The molecule has 1 fully saturated rings. The Morgan fingerprint density at radius 1 is 1.20 bits per heavy atom. The van der Waals surface area contributed by atoms with E-state index in [2.05, 4.69) is 22.5 Å². The highest BCUT2D eigenvalue weighted by Gasteiger charge is 2.20. The lowest BCUT2D eigenvalue weighted by atomic mass is 10.2. The van der Waals surface area contributed by atoms with E-state index in [1.165, 1.54) is 0 Å². The number of halogens is 1. The highest BCUT2D eigenvalue weighted by molar-refractivity contribution is 5.93. The van der Waals surface area contributed by atoms with Crippen molar-refractivity contribution in [1.82, 2.24) is 10.2 Å². The van der Waals surface area contributed by atoms with Crippen LogP contribution in [0.3, 0.4) is 0 Å². The molecule has 0 unspecified atom stereocenters. The minimum Gasteiger partial charge on any atom is -0.455 e. The fourth-order valence-corrected chi connectivity index (χ4v) is 2.77. The second-order valence-corrected chi connectivity index (χ2v) is 5.98. The van der Waals surface area contributed by atoms with Gasteiger partial charge in [-0.05, 0) is 31.2 Å². The largest absolute Gasteiger partial charge is 0.455 e. The van der Waals surface area contributed by atoms with Crippen LogP contribution < -0.4 is 15.4 Å². The summed E-state index contributed by atoms with van der Waals surface area (Å²) in [5.41, 5.74) is 0.689. The molecular formula is C19H24ClN3O2. The van der Waals surface area contributed by atoms with E-state index in [0.717, 1.165) is 25.4 Å². The van der Waals surface area contributed by atoms with Crippen LogP contribution in [0.4, 0.5) is 5.69 Å². The van der Waals surface area contributed by atoms with Gasteiger partial charge >= 0.3 is 0 Å². The van der Waals surface area contributed by atoms with Crippen molar-refractivity contribution in [2.45, 2.75) is 13.0 Å². The van der Waals surface area contributed by atoms with Crippen molar-refractivity contribution in [3.05, 3.63) is 54.6 Å². The van der Waals surface area contributed by atoms with Gasteiger partial charge in [0.25, 0.3) is 0 Å². The smallest absolute Gasteiger partial charge is 0.238 e. The highest BCUT2D eigenvalue weighted by atomic mass is 35.5. The maximum absolute atomic E-state index is 12.4. The summed E-state index contributed by atoms with van der Waals surface area (Å²) in [7, 11) is 0. The number of carbonyl (C=O) groups excluding carboxylic acids is 1. The summed E-state index contributed by atoms with van der Waals surface area (Å²) in [6.45, 7) is 5.25. The SMILES string of the molecule is C[C@H]1CNCCN1CC(=O)Nc1ccccc1Oc1ccccc1.Cl. The Balaban J connectivity index is 0.00000225. The molecule has 0 saturated carbocycles. The predicted molar refractivity (Wildman–Crippen MR) is 103 cm³/mol. The summed E-state index contributed by atoms with van der Waals surface area (Å²) in [6, 6.07) is 17.4. The number of nitrogens with one attached hydrogen (secondary N) is 2. The Hall–Kier alpha value is -2.08. The van der Waals surface area contributed by atoms with Crippen LogP contribution in [0.2, 0.25) is 0 Å². The molecule has 0 aromatic heterocycles. The highest BCUT2D eigenvalue weighted by Crippen LogP contribution is 2.29. The molecule has 2 aromatic carbocycles. The minimum absolute atomic E-state index is 0. The van der Waals surface area contributed by atoms with E-state index < -0.39 is 0 Å². The van der Waals surface area contributed by atoms with Crippen LogP contribution in [-0.2, 0) is 4.79 Å². The normalized spacial score (nSPS) is 17.4. The van der Waals surface area contributed by atoms with Crippen molar-refractivity contribution < 1.29 is 9.53 Å². The first kappa shape index (κ1) is 19.2. The van der Waals surface area contributed by atoms with E-state index in [0.29, 0.717) is 24.0 Å². The van der Waals surface area contributed by atoms with E-state index in [9.17, 15) is 4.79 Å². The average Bonchev–Trinajstić information content (AvgIpc) is 2.60. The van der Waals surface area contributed by atoms with Gasteiger partial charge in [-0.15, -0.1) is 12.4 Å². The molecule has 1 saturated heterocycles. The van der Waals surface area contributed by atoms with Gasteiger partial charge in [0.15, 0.2) is 5.75 Å². The van der Waals surface area contributed by atoms with Crippen LogP contribution >= 0.6 is 12.4 Å². The summed E-state index contributed by atoms with van der Waals surface area (Å²) in [5.74, 6) is 1.37. The molecule has 0 radical (unpaired) electrons. The van der Waals surface area contributed by atoms with Gasteiger partial charge in [-0.25, -0.2) is 0 Å². The van der Waals surface area contributed by atoms with Crippen molar-refractivity contribution in [3.63, 3.8) is 0 Å². The maximum atomic E-state index is 12.4. The van der Waals surface area contributed by atoms with Crippen LogP contribution in [-0.4, -0.2) is 43.0 Å². The summed E-state index contributed by atoms with van der Waals surface area (Å²) in [5, 5.41) is 6.30. The first-order valence-corrected chi connectivity index (χ1v) is 8.29. The average molecular weight is 362 g/mol. The van der Waals surface area contributed by atoms with Gasteiger partial charge in [0.2, 0.25) is 5.91 Å². The van der Waals surface area contributed by atoms with Crippen LogP contribution in [0, 0.1) is 0 Å². The molecule has 1 aliphatic heterocycles. The number of carbonyl (C=O) groups is 1. The van der Waals surface area contributed by atoms with Gasteiger partial charge in [-0.2, -0.15) is 0 Å². The molecule has 3 rings (SSSR count). The lowest BCUT2D eigenvalue weighted by molar-refractivity contribution is -0.118. The van der Waals surface area contributed by atoms with Gasteiger partial charge in [0.05, 0.1) is 12.2 Å². The molecule has 2 aromatic rings. The Bertz CT molecular complexity index is 681. The maximum Gasteiger partial charge on any atom is 0.238 e. The molecule has 2 N–H and O–H groups in total. The lowest BCUT2D eigenvalue weighted by Gasteiger charge is -2.33. The quantitative estimate of drug-likeness (QED) is 0.859. The fraction of sp³-hybridized carbons (Fsp3) is 0.316. The molecule has 6 heteroatoms. The van der Waals surface area contributed by atoms with Gasteiger partial charge in [0.1, 0.15) is 5.75 Å². The third kappa shape index (κ3) is 5.46. The number of benzene rings is 2.